The topological polar surface area (TPSA) is 63.8 Å². The van der Waals surface area contributed by atoms with Gasteiger partial charge in [0.05, 0.1) is 11.2 Å². The van der Waals surface area contributed by atoms with Crippen molar-refractivity contribution < 1.29 is 0 Å². The van der Waals surface area contributed by atoms with Crippen LogP contribution in [0.4, 0.5) is 17.2 Å². The first kappa shape index (κ1) is 12.2. The van der Waals surface area contributed by atoms with Crippen molar-refractivity contribution in [3.63, 3.8) is 0 Å². The van der Waals surface area contributed by atoms with Crippen LogP contribution in [0.5, 0.6) is 0 Å². The van der Waals surface area contributed by atoms with Gasteiger partial charge in [-0.3, -0.25) is 0 Å². The van der Waals surface area contributed by atoms with E-state index in [1.54, 1.807) is 6.33 Å². The smallest absolute Gasteiger partial charge is 0.141 e. The molecule has 0 fully saturated rings. The Labute approximate surface area is 124 Å². The van der Waals surface area contributed by atoms with Crippen molar-refractivity contribution in [2.24, 2.45) is 0 Å². The monoisotopic (exact) mass is 362 g/mol. The summed E-state index contributed by atoms with van der Waals surface area (Å²) in [5, 5.41) is 4.25. The second-order valence-corrected chi connectivity index (χ2v) is 5.27. The van der Waals surface area contributed by atoms with Gasteiger partial charge in [0.1, 0.15) is 12.1 Å². The van der Waals surface area contributed by atoms with Gasteiger partial charge in [-0.25, -0.2) is 9.97 Å². The lowest BCUT2D eigenvalue weighted by Gasteiger charge is -2.10. The van der Waals surface area contributed by atoms with Gasteiger partial charge < -0.3 is 11.1 Å². The van der Waals surface area contributed by atoms with E-state index in [2.05, 4.69) is 37.9 Å². The van der Waals surface area contributed by atoms with Crippen molar-refractivity contribution in [1.82, 2.24) is 9.97 Å². The number of halogens is 1. The number of hydrogen-bond acceptors (Lipinski definition) is 4. The summed E-state index contributed by atoms with van der Waals surface area (Å²) < 4.78 is 1.13. The molecule has 0 saturated carbocycles. The third kappa shape index (κ3) is 2.46. The zero-order valence-electron chi connectivity index (χ0n) is 9.97. The largest absolute Gasteiger partial charge is 0.399 e. The molecular weight excluding hydrogens is 351 g/mol. The zero-order chi connectivity index (χ0) is 13.2. The van der Waals surface area contributed by atoms with Gasteiger partial charge in [-0.1, -0.05) is 12.1 Å². The minimum Gasteiger partial charge on any atom is -0.399 e. The SMILES string of the molecule is Nc1ccc2ncnc(Nc3ccccc3I)c2c1. The highest BCUT2D eigenvalue weighted by Gasteiger charge is 2.06. The van der Waals surface area contributed by atoms with Gasteiger partial charge in [-0.2, -0.15) is 0 Å². The molecule has 2 aromatic carbocycles. The van der Waals surface area contributed by atoms with E-state index in [-0.39, 0.29) is 0 Å². The van der Waals surface area contributed by atoms with Crippen LogP contribution in [-0.2, 0) is 0 Å². The standard InChI is InChI=1S/C14H11IN4/c15-11-3-1-2-4-13(11)19-14-10-7-9(16)5-6-12(10)17-8-18-14/h1-8H,16H2,(H,17,18,19). The molecule has 0 atom stereocenters. The van der Waals surface area contributed by atoms with Gasteiger partial charge in [0.15, 0.2) is 0 Å². The van der Waals surface area contributed by atoms with Crippen LogP contribution in [0, 0.1) is 3.57 Å². The first-order valence-corrected chi connectivity index (χ1v) is 6.84. The van der Waals surface area contributed by atoms with E-state index in [9.17, 15) is 0 Å². The Morgan fingerprint density at radius 3 is 2.74 bits per heavy atom. The lowest BCUT2D eigenvalue weighted by atomic mass is 10.2. The molecule has 3 N–H and O–H groups in total. The predicted octanol–water partition coefficient (Wildman–Crippen LogP) is 3.56. The van der Waals surface area contributed by atoms with Gasteiger partial charge in [0.25, 0.3) is 0 Å². The number of fused-ring (bicyclic) bond motifs is 1. The van der Waals surface area contributed by atoms with Crippen LogP contribution in [-0.4, -0.2) is 9.97 Å². The fraction of sp³-hybridized carbons (Fsp3) is 0. The number of nitrogen functional groups attached to an aromatic ring is 1. The molecule has 0 radical (unpaired) electrons. The highest BCUT2D eigenvalue weighted by Crippen LogP contribution is 2.26. The van der Waals surface area contributed by atoms with Crippen LogP contribution in [0.1, 0.15) is 0 Å². The molecular formula is C14H11IN4. The van der Waals surface area contributed by atoms with Crippen LogP contribution >= 0.6 is 22.6 Å². The van der Waals surface area contributed by atoms with Gasteiger partial charge in [-0.15, -0.1) is 0 Å². The van der Waals surface area contributed by atoms with Crippen LogP contribution in [0.2, 0.25) is 0 Å². The van der Waals surface area contributed by atoms with Crippen molar-refractivity contribution in [3.8, 4) is 0 Å². The van der Waals surface area contributed by atoms with E-state index in [0.717, 1.165) is 26.0 Å². The number of nitrogens with zero attached hydrogens (tertiary/aromatic N) is 2. The van der Waals surface area contributed by atoms with Gasteiger partial charge in [0, 0.05) is 14.6 Å². The summed E-state index contributed by atoms with van der Waals surface area (Å²) in [6.07, 6.45) is 1.55. The quantitative estimate of drug-likeness (QED) is 0.541. The summed E-state index contributed by atoms with van der Waals surface area (Å²) >= 11 is 2.29. The zero-order valence-corrected chi connectivity index (χ0v) is 12.1. The lowest BCUT2D eigenvalue weighted by molar-refractivity contribution is 1.22. The maximum absolute atomic E-state index is 5.83. The molecule has 4 nitrogen and oxygen atoms in total. The minimum atomic E-state index is 0.702. The van der Waals surface area contributed by atoms with Crippen LogP contribution in [0.3, 0.4) is 0 Å². The van der Waals surface area contributed by atoms with Crippen LogP contribution in [0.15, 0.2) is 48.8 Å². The Hall–Kier alpha value is -1.89. The third-order valence-electron chi connectivity index (χ3n) is 2.79. The maximum atomic E-state index is 5.83. The number of anilines is 3. The maximum Gasteiger partial charge on any atom is 0.141 e. The molecule has 0 spiro atoms. The van der Waals surface area contributed by atoms with Gasteiger partial charge in [0.2, 0.25) is 0 Å². The Bertz CT molecular complexity index is 742. The number of rotatable bonds is 2. The Morgan fingerprint density at radius 1 is 1.05 bits per heavy atom. The minimum absolute atomic E-state index is 0.702. The third-order valence-corrected chi connectivity index (χ3v) is 3.73. The van der Waals surface area contributed by atoms with E-state index in [1.807, 2.05) is 42.5 Å². The summed E-state index contributed by atoms with van der Waals surface area (Å²) in [7, 11) is 0. The molecule has 94 valence electrons. The second-order valence-electron chi connectivity index (χ2n) is 4.10. The molecule has 1 heterocycles. The van der Waals surface area contributed by atoms with E-state index in [4.69, 9.17) is 5.73 Å². The molecule has 0 bridgehead atoms. The molecule has 0 aliphatic carbocycles. The average molecular weight is 362 g/mol. The van der Waals surface area contributed by atoms with Crippen LogP contribution in [0.25, 0.3) is 10.9 Å². The first-order valence-electron chi connectivity index (χ1n) is 5.76. The van der Waals surface area contributed by atoms with Crippen molar-refractivity contribution in [2.45, 2.75) is 0 Å². The molecule has 0 aliphatic heterocycles. The molecule has 0 aliphatic rings. The van der Waals surface area contributed by atoms with Gasteiger partial charge in [-0.05, 0) is 52.9 Å². The average Bonchev–Trinajstić information content (AvgIpc) is 2.42. The Morgan fingerprint density at radius 2 is 1.89 bits per heavy atom. The molecule has 19 heavy (non-hydrogen) atoms. The van der Waals surface area contributed by atoms with Crippen molar-refractivity contribution in [1.29, 1.82) is 0 Å². The fourth-order valence-corrected chi connectivity index (χ4v) is 2.39. The van der Waals surface area contributed by atoms with Gasteiger partial charge >= 0.3 is 0 Å². The summed E-state index contributed by atoms with van der Waals surface area (Å²) in [5.74, 6) is 0.765. The molecule has 0 amide bonds. The van der Waals surface area contributed by atoms with Crippen molar-refractivity contribution in [3.05, 3.63) is 52.4 Å². The summed E-state index contributed by atoms with van der Waals surface area (Å²) in [6, 6.07) is 13.7. The molecule has 3 aromatic rings. The Kier molecular flexibility index (Phi) is 3.20. The fourth-order valence-electron chi connectivity index (χ4n) is 1.86. The highest BCUT2D eigenvalue weighted by atomic mass is 127. The molecule has 0 unspecified atom stereocenters. The number of para-hydroxylation sites is 1. The number of hydrogen-bond donors (Lipinski definition) is 2. The number of aromatic nitrogens is 2. The summed E-state index contributed by atoms with van der Waals surface area (Å²) in [4.78, 5) is 8.54. The molecule has 3 rings (SSSR count). The summed E-state index contributed by atoms with van der Waals surface area (Å²) in [6.45, 7) is 0. The predicted molar refractivity (Wildman–Crippen MR) is 86.4 cm³/mol. The number of benzene rings is 2. The molecule has 0 saturated heterocycles. The second kappa shape index (κ2) is 5.00. The first-order chi connectivity index (χ1) is 9.24. The lowest BCUT2D eigenvalue weighted by Crippen LogP contribution is -1.98. The van der Waals surface area contributed by atoms with E-state index in [0.29, 0.717) is 5.69 Å². The summed E-state index contributed by atoms with van der Waals surface area (Å²) in [5.41, 5.74) is 8.43. The van der Waals surface area contributed by atoms with E-state index < -0.39 is 0 Å². The Balaban J connectivity index is 2.10. The number of nitrogens with one attached hydrogen (secondary N) is 1. The van der Waals surface area contributed by atoms with E-state index >= 15 is 0 Å². The van der Waals surface area contributed by atoms with Crippen molar-refractivity contribution >= 4 is 50.7 Å². The van der Waals surface area contributed by atoms with E-state index in [1.165, 1.54) is 0 Å². The highest BCUT2D eigenvalue weighted by molar-refractivity contribution is 14.1. The molecule has 1 aromatic heterocycles. The normalized spacial score (nSPS) is 10.6. The van der Waals surface area contributed by atoms with Crippen LogP contribution < -0.4 is 11.1 Å². The molecule has 5 heteroatoms. The van der Waals surface area contributed by atoms with Crippen molar-refractivity contribution in [2.75, 3.05) is 11.1 Å². The number of nitrogens with two attached hydrogens (primary N) is 1.